The number of allylic oxidation sites excluding steroid dienone is 12. The lowest BCUT2D eigenvalue weighted by Crippen LogP contribution is -2.30. The lowest BCUT2D eigenvalue weighted by atomic mass is 10.0. The summed E-state index contributed by atoms with van der Waals surface area (Å²) in [5, 5.41) is 0. The molecule has 0 bridgehead atoms. The molecule has 0 rings (SSSR count). The van der Waals surface area contributed by atoms with Crippen LogP contribution in [0.1, 0.15) is 323 Å². The van der Waals surface area contributed by atoms with E-state index in [2.05, 4.69) is 93.7 Å². The minimum absolute atomic E-state index is 0.0742. The van der Waals surface area contributed by atoms with Crippen molar-refractivity contribution in [3.05, 3.63) is 72.9 Å². The van der Waals surface area contributed by atoms with Crippen molar-refractivity contribution in [3.8, 4) is 0 Å². The smallest absolute Gasteiger partial charge is 0.306 e. The number of carbonyl (C=O) groups is 3. The molecule has 0 saturated carbocycles. The summed E-state index contributed by atoms with van der Waals surface area (Å²) in [5.74, 6) is -0.868. The molecule has 1 atom stereocenters. The molecule has 0 heterocycles. The topological polar surface area (TPSA) is 78.9 Å². The standard InChI is InChI=1S/C68H120O6/c1-4-7-10-13-16-19-22-24-26-28-30-32-34-36-38-40-42-44-46-49-52-55-58-61-67(70)73-64-65(63-72-66(69)60-57-54-51-48-21-18-15-12-9-6-3)74-68(71)62-59-56-53-50-47-45-43-41-39-37-35-33-31-29-27-25-23-20-17-14-11-8-5-2/h7,10,16,19,23-26,29-32,65H,4-6,8-9,11-15,17-18,20-22,27-28,33-64H2,1-3H3/b10-7-,19-16-,25-23-,26-24-,31-29-,32-30-. The highest BCUT2D eigenvalue weighted by Crippen LogP contribution is 2.17. The van der Waals surface area contributed by atoms with Crippen LogP contribution in [0.4, 0.5) is 0 Å². The van der Waals surface area contributed by atoms with E-state index in [-0.39, 0.29) is 31.1 Å². The van der Waals surface area contributed by atoms with Gasteiger partial charge in [0.05, 0.1) is 0 Å². The summed E-state index contributed by atoms with van der Waals surface area (Å²) in [6.07, 6.45) is 80.5. The van der Waals surface area contributed by atoms with Crippen LogP contribution in [0.5, 0.6) is 0 Å². The van der Waals surface area contributed by atoms with Crippen LogP contribution in [0.15, 0.2) is 72.9 Å². The summed E-state index contributed by atoms with van der Waals surface area (Å²) >= 11 is 0. The Morgan fingerprint density at radius 2 is 0.527 bits per heavy atom. The Morgan fingerprint density at radius 1 is 0.284 bits per heavy atom. The van der Waals surface area contributed by atoms with E-state index < -0.39 is 6.10 Å². The second kappa shape index (κ2) is 62.4. The first-order valence-corrected chi connectivity index (χ1v) is 31.9. The molecule has 0 spiro atoms. The molecule has 428 valence electrons. The van der Waals surface area contributed by atoms with Gasteiger partial charge in [0.15, 0.2) is 6.10 Å². The third-order valence-corrected chi connectivity index (χ3v) is 13.9. The van der Waals surface area contributed by atoms with Crippen molar-refractivity contribution in [1.82, 2.24) is 0 Å². The van der Waals surface area contributed by atoms with Crippen LogP contribution in [0.25, 0.3) is 0 Å². The van der Waals surface area contributed by atoms with Gasteiger partial charge in [-0.1, -0.05) is 286 Å². The van der Waals surface area contributed by atoms with Gasteiger partial charge in [-0.2, -0.15) is 0 Å². The van der Waals surface area contributed by atoms with Crippen LogP contribution in [0, 0.1) is 0 Å². The lowest BCUT2D eigenvalue weighted by molar-refractivity contribution is -0.167. The molecule has 0 aromatic heterocycles. The molecule has 0 aromatic carbocycles. The molecule has 0 aromatic rings. The molecule has 0 radical (unpaired) electrons. The Hall–Kier alpha value is -3.15. The molecule has 0 aliphatic heterocycles. The van der Waals surface area contributed by atoms with Gasteiger partial charge < -0.3 is 14.2 Å². The number of ether oxygens (including phenoxy) is 3. The van der Waals surface area contributed by atoms with Gasteiger partial charge >= 0.3 is 17.9 Å². The second-order valence-corrected chi connectivity index (χ2v) is 21.3. The maximum atomic E-state index is 12.9. The lowest BCUT2D eigenvalue weighted by Gasteiger charge is -2.18. The van der Waals surface area contributed by atoms with Crippen LogP contribution < -0.4 is 0 Å². The summed E-state index contributed by atoms with van der Waals surface area (Å²) in [5.41, 5.74) is 0. The summed E-state index contributed by atoms with van der Waals surface area (Å²) in [6, 6.07) is 0. The molecule has 1 unspecified atom stereocenters. The fourth-order valence-corrected chi connectivity index (χ4v) is 9.17. The first-order valence-electron chi connectivity index (χ1n) is 31.9. The zero-order valence-corrected chi connectivity index (χ0v) is 49.1. The van der Waals surface area contributed by atoms with E-state index >= 15 is 0 Å². The third kappa shape index (κ3) is 59.7. The first-order chi connectivity index (χ1) is 36.5. The number of unbranched alkanes of at least 4 members (excludes halogenated alkanes) is 35. The van der Waals surface area contributed by atoms with Crippen molar-refractivity contribution in [2.24, 2.45) is 0 Å². The zero-order chi connectivity index (χ0) is 53.6. The maximum absolute atomic E-state index is 12.9. The van der Waals surface area contributed by atoms with Gasteiger partial charge in [0, 0.05) is 19.3 Å². The Labute approximate surface area is 459 Å². The van der Waals surface area contributed by atoms with Gasteiger partial charge in [0.1, 0.15) is 13.2 Å². The summed E-state index contributed by atoms with van der Waals surface area (Å²) in [4.78, 5) is 38.2. The van der Waals surface area contributed by atoms with Gasteiger partial charge in [-0.05, 0) is 89.9 Å². The maximum Gasteiger partial charge on any atom is 0.306 e. The van der Waals surface area contributed by atoms with E-state index in [1.54, 1.807) is 0 Å². The SMILES string of the molecule is CC/C=C\C/C=C\C/C=C\C/C=C\CCCCCCCCCCCCC(=O)OCC(COC(=O)CCCCCCCCCCCC)OC(=O)CCCCCCCCCCCCC/C=C\C/C=C\CCCCCCC. The number of carbonyl (C=O) groups excluding carboxylic acids is 3. The minimum atomic E-state index is -0.777. The Bertz CT molecular complexity index is 1370. The molecule has 0 aliphatic carbocycles. The Kier molecular flexibility index (Phi) is 59.7. The molecule has 6 heteroatoms. The van der Waals surface area contributed by atoms with Gasteiger partial charge in [0.25, 0.3) is 0 Å². The number of hydrogen-bond acceptors (Lipinski definition) is 6. The Balaban J connectivity index is 4.25. The van der Waals surface area contributed by atoms with Crippen molar-refractivity contribution >= 4 is 17.9 Å². The number of esters is 3. The van der Waals surface area contributed by atoms with E-state index in [9.17, 15) is 14.4 Å². The molecule has 0 N–H and O–H groups in total. The van der Waals surface area contributed by atoms with Crippen LogP contribution in [-0.4, -0.2) is 37.2 Å². The molecular weight excluding hydrogens is 913 g/mol. The van der Waals surface area contributed by atoms with Crippen LogP contribution in [0.3, 0.4) is 0 Å². The largest absolute Gasteiger partial charge is 0.462 e. The van der Waals surface area contributed by atoms with Crippen molar-refractivity contribution in [2.45, 2.75) is 329 Å². The third-order valence-electron chi connectivity index (χ3n) is 13.9. The molecule has 0 fully saturated rings. The average Bonchev–Trinajstić information content (AvgIpc) is 3.40. The highest BCUT2D eigenvalue weighted by atomic mass is 16.6. The van der Waals surface area contributed by atoms with Gasteiger partial charge in [-0.25, -0.2) is 0 Å². The van der Waals surface area contributed by atoms with E-state index in [0.29, 0.717) is 19.3 Å². The van der Waals surface area contributed by atoms with E-state index in [1.165, 1.54) is 193 Å². The van der Waals surface area contributed by atoms with E-state index in [1.807, 2.05) is 0 Å². The number of hydrogen-bond donors (Lipinski definition) is 0. The predicted octanol–water partition coefficient (Wildman–Crippen LogP) is 21.7. The molecule has 0 saturated heterocycles. The second-order valence-electron chi connectivity index (χ2n) is 21.3. The van der Waals surface area contributed by atoms with Gasteiger partial charge in [0.2, 0.25) is 0 Å². The molecule has 6 nitrogen and oxygen atoms in total. The van der Waals surface area contributed by atoms with Crippen molar-refractivity contribution in [2.75, 3.05) is 13.2 Å². The molecule has 0 amide bonds. The summed E-state index contributed by atoms with van der Waals surface area (Å²) in [7, 11) is 0. The van der Waals surface area contributed by atoms with E-state index in [4.69, 9.17) is 14.2 Å². The van der Waals surface area contributed by atoms with E-state index in [0.717, 1.165) is 89.9 Å². The molecular formula is C68H120O6. The number of rotatable bonds is 58. The molecule has 74 heavy (non-hydrogen) atoms. The quantitative estimate of drug-likeness (QED) is 0.0261. The predicted molar refractivity (Wildman–Crippen MR) is 321 cm³/mol. The van der Waals surface area contributed by atoms with Gasteiger partial charge in [-0.3, -0.25) is 14.4 Å². The summed E-state index contributed by atoms with van der Waals surface area (Å²) in [6.45, 7) is 6.54. The van der Waals surface area contributed by atoms with Crippen LogP contribution in [-0.2, 0) is 28.6 Å². The highest BCUT2D eigenvalue weighted by Gasteiger charge is 2.19. The fourth-order valence-electron chi connectivity index (χ4n) is 9.17. The summed E-state index contributed by atoms with van der Waals surface area (Å²) < 4.78 is 16.9. The zero-order valence-electron chi connectivity index (χ0n) is 49.1. The highest BCUT2D eigenvalue weighted by molar-refractivity contribution is 5.71. The Morgan fingerprint density at radius 3 is 0.824 bits per heavy atom. The monoisotopic (exact) mass is 1030 g/mol. The fraction of sp³-hybridized carbons (Fsp3) is 0.779. The molecule has 0 aliphatic rings. The van der Waals surface area contributed by atoms with Crippen molar-refractivity contribution in [1.29, 1.82) is 0 Å². The first kappa shape index (κ1) is 70.8. The van der Waals surface area contributed by atoms with Crippen LogP contribution >= 0.6 is 0 Å². The van der Waals surface area contributed by atoms with Crippen molar-refractivity contribution < 1.29 is 28.6 Å². The normalized spacial score (nSPS) is 12.5. The van der Waals surface area contributed by atoms with Gasteiger partial charge in [-0.15, -0.1) is 0 Å². The minimum Gasteiger partial charge on any atom is -0.462 e. The van der Waals surface area contributed by atoms with Crippen molar-refractivity contribution in [3.63, 3.8) is 0 Å². The average molecular weight is 1030 g/mol. The van der Waals surface area contributed by atoms with Crippen LogP contribution in [0.2, 0.25) is 0 Å².